The van der Waals surface area contributed by atoms with Gasteiger partial charge in [0.15, 0.2) is 0 Å². The number of amides is 2. The summed E-state index contributed by atoms with van der Waals surface area (Å²) in [6, 6.07) is 5.79. The number of rotatable bonds is 6. The molecule has 0 bridgehead atoms. The molecule has 29 heavy (non-hydrogen) atoms. The lowest BCUT2D eigenvalue weighted by Gasteiger charge is -2.33. The third-order valence-electron chi connectivity index (χ3n) is 4.99. The van der Waals surface area contributed by atoms with Gasteiger partial charge in [0.05, 0.1) is 10.0 Å². The van der Waals surface area contributed by atoms with Gasteiger partial charge in [-0.25, -0.2) is 4.79 Å². The quantitative estimate of drug-likeness (QED) is 0.647. The highest BCUT2D eigenvalue weighted by molar-refractivity contribution is 6.42. The van der Waals surface area contributed by atoms with E-state index < -0.39 is 11.7 Å². The maximum Gasteiger partial charge on any atom is 0.407 e. The van der Waals surface area contributed by atoms with E-state index >= 15 is 0 Å². The number of nitrogens with zero attached hydrogens (tertiary/aromatic N) is 1. The monoisotopic (exact) mass is 442 g/mol. The van der Waals surface area contributed by atoms with Crippen molar-refractivity contribution in [3.05, 3.63) is 33.8 Å². The number of ether oxygens (including phenoxy) is 1. The zero-order chi connectivity index (χ0) is 21.6. The highest BCUT2D eigenvalue weighted by Crippen LogP contribution is 2.27. The van der Waals surface area contributed by atoms with Crippen molar-refractivity contribution in [2.45, 2.75) is 59.0 Å². The van der Waals surface area contributed by atoms with Crippen molar-refractivity contribution in [1.29, 1.82) is 0 Å². The Morgan fingerprint density at radius 1 is 1.21 bits per heavy atom. The molecule has 0 aromatic heterocycles. The average molecular weight is 443 g/mol. The highest BCUT2D eigenvalue weighted by atomic mass is 35.5. The molecular formula is C22H32Cl2N2O3. The first-order valence-corrected chi connectivity index (χ1v) is 11.0. The van der Waals surface area contributed by atoms with Gasteiger partial charge in [0, 0.05) is 26.1 Å². The molecule has 1 aromatic carbocycles. The number of piperidine rings is 1. The maximum absolute atomic E-state index is 12.6. The number of carbonyl (C=O) groups is 2. The Hall–Kier alpha value is -1.46. The lowest BCUT2D eigenvalue weighted by atomic mass is 9.90. The minimum Gasteiger partial charge on any atom is -0.444 e. The van der Waals surface area contributed by atoms with Gasteiger partial charge in [0.25, 0.3) is 0 Å². The minimum absolute atomic E-state index is 0.0592. The van der Waals surface area contributed by atoms with E-state index in [-0.39, 0.29) is 11.8 Å². The minimum atomic E-state index is -0.523. The molecule has 1 heterocycles. The van der Waals surface area contributed by atoms with E-state index in [1.165, 1.54) is 5.56 Å². The van der Waals surface area contributed by atoms with Crippen LogP contribution >= 0.6 is 23.2 Å². The lowest BCUT2D eigenvalue weighted by molar-refractivity contribution is -0.133. The molecule has 1 aliphatic heterocycles. The second-order valence-corrected chi connectivity index (χ2v) is 9.78. The van der Waals surface area contributed by atoms with Crippen LogP contribution in [0.2, 0.25) is 10.0 Å². The molecule has 1 aromatic rings. The van der Waals surface area contributed by atoms with Crippen LogP contribution in [0.1, 0.15) is 52.5 Å². The molecule has 0 radical (unpaired) electrons. The lowest BCUT2D eigenvalue weighted by Crippen LogP contribution is -2.40. The summed E-state index contributed by atoms with van der Waals surface area (Å²) in [5.74, 6) is 0.753. The number of carbonyl (C=O) groups excluding carboxylic acids is 2. The Balaban J connectivity index is 1.71. The van der Waals surface area contributed by atoms with Crippen LogP contribution in [-0.2, 0) is 16.0 Å². The van der Waals surface area contributed by atoms with Crippen LogP contribution in [0.5, 0.6) is 0 Å². The van der Waals surface area contributed by atoms with Crippen molar-refractivity contribution in [1.82, 2.24) is 10.2 Å². The standard InChI is InChI=1S/C22H32Cl2N2O3/c1-15(14-25-21(28)29-22(2,3)4)11-20(27)26-9-7-16(8-10-26)12-17-5-6-18(23)19(24)13-17/h5-6,13,15-16H,7-12,14H2,1-4H3,(H,25,28). The van der Waals surface area contributed by atoms with Gasteiger partial charge in [0.2, 0.25) is 5.91 Å². The molecular weight excluding hydrogens is 411 g/mol. The van der Waals surface area contributed by atoms with Crippen LogP contribution in [0.25, 0.3) is 0 Å². The molecule has 1 atom stereocenters. The molecule has 0 spiro atoms. The topological polar surface area (TPSA) is 58.6 Å². The molecule has 1 unspecified atom stereocenters. The molecule has 2 rings (SSSR count). The molecule has 0 saturated carbocycles. The summed E-state index contributed by atoms with van der Waals surface area (Å²) in [7, 11) is 0. The third kappa shape index (κ3) is 8.43. The summed E-state index contributed by atoms with van der Waals surface area (Å²) in [6.07, 6.45) is 2.90. The Kier molecular flexibility index (Phi) is 8.65. The van der Waals surface area contributed by atoms with Crippen LogP contribution in [0, 0.1) is 11.8 Å². The summed E-state index contributed by atoms with van der Waals surface area (Å²) < 4.78 is 5.22. The molecule has 1 N–H and O–H groups in total. The van der Waals surface area contributed by atoms with Crippen molar-refractivity contribution in [3.8, 4) is 0 Å². The van der Waals surface area contributed by atoms with E-state index in [9.17, 15) is 9.59 Å². The van der Waals surface area contributed by atoms with Crippen molar-refractivity contribution < 1.29 is 14.3 Å². The molecule has 2 amide bonds. The molecule has 5 nitrogen and oxygen atoms in total. The molecule has 0 aliphatic carbocycles. The van der Waals surface area contributed by atoms with E-state index in [4.69, 9.17) is 27.9 Å². The third-order valence-corrected chi connectivity index (χ3v) is 5.73. The Morgan fingerprint density at radius 3 is 2.45 bits per heavy atom. The highest BCUT2D eigenvalue weighted by Gasteiger charge is 2.24. The molecule has 1 fully saturated rings. The van der Waals surface area contributed by atoms with Crippen molar-refractivity contribution in [2.75, 3.05) is 19.6 Å². The number of hydrogen-bond donors (Lipinski definition) is 1. The summed E-state index contributed by atoms with van der Waals surface area (Å²) in [4.78, 5) is 26.3. The van der Waals surface area contributed by atoms with E-state index in [2.05, 4.69) is 5.32 Å². The van der Waals surface area contributed by atoms with Gasteiger partial charge in [-0.1, -0.05) is 36.2 Å². The predicted molar refractivity (Wildman–Crippen MR) is 117 cm³/mol. The zero-order valence-electron chi connectivity index (χ0n) is 17.8. The summed E-state index contributed by atoms with van der Waals surface area (Å²) in [5.41, 5.74) is 0.663. The van der Waals surface area contributed by atoms with E-state index in [1.807, 2.05) is 50.8 Å². The van der Waals surface area contributed by atoms with Crippen LogP contribution < -0.4 is 5.32 Å². The van der Waals surface area contributed by atoms with E-state index in [1.54, 1.807) is 0 Å². The van der Waals surface area contributed by atoms with Gasteiger partial charge < -0.3 is 15.0 Å². The second-order valence-electron chi connectivity index (χ2n) is 8.97. The predicted octanol–water partition coefficient (Wildman–Crippen LogP) is 5.33. The van der Waals surface area contributed by atoms with Crippen LogP contribution in [0.15, 0.2) is 18.2 Å². The van der Waals surface area contributed by atoms with E-state index in [0.29, 0.717) is 28.9 Å². The SMILES string of the molecule is CC(CNC(=O)OC(C)(C)C)CC(=O)N1CCC(Cc2ccc(Cl)c(Cl)c2)CC1. The van der Waals surface area contributed by atoms with Gasteiger partial charge in [-0.3, -0.25) is 4.79 Å². The molecule has 162 valence electrons. The Morgan fingerprint density at radius 2 is 1.86 bits per heavy atom. The number of halogens is 2. The second kappa shape index (κ2) is 10.5. The van der Waals surface area contributed by atoms with Crippen LogP contribution in [0.3, 0.4) is 0 Å². The van der Waals surface area contributed by atoms with Gasteiger partial charge in [0.1, 0.15) is 5.60 Å². The van der Waals surface area contributed by atoms with Crippen molar-refractivity contribution in [2.24, 2.45) is 11.8 Å². The first kappa shape index (κ1) is 23.8. The zero-order valence-corrected chi connectivity index (χ0v) is 19.3. The number of hydrogen-bond acceptors (Lipinski definition) is 3. The maximum atomic E-state index is 12.6. The largest absolute Gasteiger partial charge is 0.444 e. The molecule has 1 saturated heterocycles. The van der Waals surface area contributed by atoms with Crippen LogP contribution in [-0.4, -0.2) is 42.1 Å². The number of nitrogens with one attached hydrogen (secondary N) is 1. The van der Waals surface area contributed by atoms with Gasteiger partial charge in [-0.15, -0.1) is 0 Å². The first-order valence-electron chi connectivity index (χ1n) is 10.2. The molecule has 1 aliphatic rings. The van der Waals surface area contributed by atoms with Gasteiger partial charge in [-0.2, -0.15) is 0 Å². The summed E-state index contributed by atoms with van der Waals surface area (Å²) in [6.45, 7) is 9.41. The van der Waals surface area contributed by atoms with Crippen molar-refractivity contribution >= 4 is 35.2 Å². The molecule has 7 heteroatoms. The number of likely N-dealkylation sites (tertiary alicyclic amines) is 1. The van der Waals surface area contributed by atoms with Gasteiger partial charge in [-0.05, 0) is 69.6 Å². The van der Waals surface area contributed by atoms with Crippen LogP contribution in [0.4, 0.5) is 4.79 Å². The van der Waals surface area contributed by atoms with Gasteiger partial charge >= 0.3 is 6.09 Å². The fourth-order valence-corrected chi connectivity index (χ4v) is 3.78. The van der Waals surface area contributed by atoms with E-state index in [0.717, 1.165) is 32.4 Å². The average Bonchev–Trinajstić information content (AvgIpc) is 2.62. The smallest absolute Gasteiger partial charge is 0.407 e. The Bertz CT molecular complexity index is 710. The number of alkyl carbamates (subject to hydrolysis) is 1. The number of benzene rings is 1. The summed E-state index contributed by atoms with van der Waals surface area (Å²) >= 11 is 12.1. The first-order chi connectivity index (χ1) is 13.5. The normalized spacial score (nSPS) is 16.4. The van der Waals surface area contributed by atoms with Crippen molar-refractivity contribution in [3.63, 3.8) is 0 Å². The fraction of sp³-hybridized carbons (Fsp3) is 0.636. The summed E-state index contributed by atoms with van der Waals surface area (Å²) in [5, 5.41) is 3.90. The Labute approximate surface area is 184 Å². The fourth-order valence-electron chi connectivity index (χ4n) is 3.46.